The van der Waals surface area contributed by atoms with Gasteiger partial charge in [0, 0.05) is 37.7 Å². The largest absolute Gasteiger partial charge is 0.310 e. The molecule has 0 saturated heterocycles. The Morgan fingerprint density at radius 3 is 1.86 bits per heavy atom. The quantitative estimate of drug-likeness (QED) is 0.216. The zero-order chi connectivity index (χ0) is 24.8. The maximum absolute atomic E-state index is 3.76. The summed E-state index contributed by atoms with van der Waals surface area (Å²) < 4.78 is 3.47. The van der Waals surface area contributed by atoms with Gasteiger partial charge in [-0.2, -0.15) is 0 Å². The summed E-state index contributed by atoms with van der Waals surface area (Å²) in [4.78, 5) is 2.36. The van der Waals surface area contributed by atoms with Gasteiger partial charge in [-0.15, -0.1) is 0 Å². The molecular formula is C34H23BrN2. The smallest absolute Gasteiger partial charge is 0.0561 e. The summed E-state index contributed by atoms with van der Waals surface area (Å²) in [5, 5.41) is 4.90. The van der Waals surface area contributed by atoms with Gasteiger partial charge in [-0.25, -0.2) is 0 Å². The Labute approximate surface area is 224 Å². The molecular weight excluding hydrogens is 516 g/mol. The second-order valence-corrected chi connectivity index (χ2v) is 10.0. The first kappa shape index (κ1) is 21.9. The topological polar surface area (TPSA) is 8.17 Å². The van der Waals surface area contributed by atoms with Crippen LogP contribution in [0.5, 0.6) is 0 Å². The van der Waals surface area contributed by atoms with E-state index >= 15 is 0 Å². The number of fused-ring (bicyclic) bond motifs is 4. The SMILES string of the molecule is Brc1ccc(N(c2ccccc2)c2ccc3c4ccccc4n(-c4ccccc4)c3c2)c2ccccc12. The van der Waals surface area contributed by atoms with E-state index in [0.717, 1.165) is 27.2 Å². The lowest BCUT2D eigenvalue weighted by atomic mass is 10.1. The van der Waals surface area contributed by atoms with E-state index < -0.39 is 0 Å². The van der Waals surface area contributed by atoms with Gasteiger partial charge >= 0.3 is 0 Å². The highest BCUT2D eigenvalue weighted by Gasteiger charge is 2.19. The van der Waals surface area contributed by atoms with Crippen LogP contribution in [-0.2, 0) is 0 Å². The van der Waals surface area contributed by atoms with Crippen molar-refractivity contribution in [3.8, 4) is 5.69 Å². The van der Waals surface area contributed by atoms with Gasteiger partial charge in [0.2, 0.25) is 0 Å². The Bertz CT molecular complexity index is 1890. The third-order valence-electron chi connectivity index (χ3n) is 7.03. The summed E-state index contributed by atoms with van der Waals surface area (Å²) >= 11 is 3.76. The predicted molar refractivity (Wildman–Crippen MR) is 161 cm³/mol. The highest BCUT2D eigenvalue weighted by Crippen LogP contribution is 2.42. The first-order valence-electron chi connectivity index (χ1n) is 12.4. The molecule has 176 valence electrons. The third-order valence-corrected chi connectivity index (χ3v) is 7.72. The van der Waals surface area contributed by atoms with E-state index in [-0.39, 0.29) is 0 Å². The fourth-order valence-corrected chi connectivity index (χ4v) is 5.88. The van der Waals surface area contributed by atoms with Crippen molar-refractivity contribution in [1.29, 1.82) is 0 Å². The van der Waals surface area contributed by atoms with E-state index in [9.17, 15) is 0 Å². The number of hydrogen-bond acceptors (Lipinski definition) is 1. The van der Waals surface area contributed by atoms with Crippen molar-refractivity contribution in [3.05, 3.63) is 144 Å². The number of para-hydroxylation sites is 3. The van der Waals surface area contributed by atoms with E-state index in [1.165, 1.54) is 32.6 Å². The molecule has 0 spiro atoms. The molecule has 2 nitrogen and oxygen atoms in total. The van der Waals surface area contributed by atoms with Crippen LogP contribution in [0.2, 0.25) is 0 Å². The van der Waals surface area contributed by atoms with Crippen molar-refractivity contribution < 1.29 is 0 Å². The fraction of sp³-hybridized carbons (Fsp3) is 0. The van der Waals surface area contributed by atoms with Gasteiger partial charge in [0.1, 0.15) is 0 Å². The molecule has 0 unspecified atom stereocenters. The average molecular weight is 539 g/mol. The molecule has 0 atom stereocenters. The van der Waals surface area contributed by atoms with Crippen LogP contribution in [0, 0.1) is 0 Å². The van der Waals surface area contributed by atoms with Crippen molar-refractivity contribution in [2.24, 2.45) is 0 Å². The Kier molecular flexibility index (Phi) is 5.30. The Morgan fingerprint density at radius 2 is 1.08 bits per heavy atom. The summed E-state index contributed by atoms with van der Waals surface area (Å²) in [5.74, 6) is 0. The summed E-state index contributed by atoms with van der Waals surface area (Å²) in [7, 11) is 0. The number of nitrogens with zero attached hydrogens (tertiary/aromatic N) is 2. The van der Waals surface area contributed by atoms with Gasteiger partial charge in [-0.05, 0) is 60.0 Å². The summed E-state index contributed by atoms with van der Waals surface area (Å²) in [6.07, 6.45) is 0. The minimum atomic E-state index is 1.10. The molecule has 0 aliphatic carbocycles. The molecule has 0 saturated carbocycles. The van der Waals surface area contributed by atoms with Crippen LogP contribution in [-0.4, -0.2) is 4.57 Å². The summed E-state index contributed by atoms with van der Waals surface area (Å²) in [6.45, 7) is 0. The van der Waals surface area contributed by atoms with E-state index in [2.05, 4.69) is 165 Å². The Hall–Kier alpha value is -4.34. The van der Waals surface area contributed by atoms with Gasteiger partial charge in [-0.3, -0.25) is 0 Å². The molecule has 0 N–H and O–H groups in total. The molecule has 0 fully saturated rings. The van der Waals surface area contributed by atoms with E-state index in [1.54, 1.807) is 0 Å². The first-order valence-corrected chi connectivity index (χ1v) is 13.2. The van der Waals surface area contributed by atoms with Crippen LogP contribution in [0.4, 0.5) is 17.1 Å². The number of halogens is 1. The van der Waals surface area contributed by atoms with Crippen molar-refractivity contribution in [3.63, 3.8) is 0 Å². The zero-order valence-electron chi connectivity index (χ0n) is 20.1. The molecule has 3 heteroatoms. The van der Waals surface area contributed by atoms with Crippen LogP contribution in [0.1, 0.15) is 0 Å². The second-order valence-electron chi connectivity index (χ2n) is 9.17. The maximum Gasteiger partial charge on any atom is 0.0561 e. The molecule has 7 rings (SSSR count). The van der Waals surface area contributed by atoms with Crippen LogP contribution in [0.3, 0.4) is 0 Å². The van der Waals surface area contributed by atoms with Gasteiger partial charge in [0.25, 0.3) is 0 Å². The molecule has 6 aromatic carbocycles. The molecule has 0 bridgehead atoms. The highest BCUT2D eigenvalue weighted by atomic mass is 79.9. The van der Waals surface area contributed by atoms with Crippen LogP contribution in [0.15, 0.2) is 144 Å². The minimum Gasteiger partial charge on any atom is -0.310 e. The lowest BCUT2D eigenvalue weighted by molar-refractivity contribution is 1.18. The standard InChI is InChI=1S/C34H23BrN2/c35-31-21-22-33(28-16-8-7-15-27(28)31)36(24-11-3-1-4-12-24)26-19-20-30-29-17-9-10-18-32(29)37(34(30)23-26)25-13-5-2-6-14-25/h1-23H. The number of aromatic nitrogens is 1. The van der Waals surface area contributed by atoms with Crippen molar-refractivity contribution >= 4 is 65.6 Å². The average Bonchev–Trinajstić information content (AvgIpc) is 3.29. The molecule has 7 aromatic rings. The van der Waals surface area contributed by atoms with E-state index in [1.807, 2.05) is 0 Å². The molecule has 37 heavy (non-hydrogen) atoms. The van der Waals surface area contributed by atoms with Crippen LogP contribution >= 0.6 is 15.9 Å². The summed E-state index contributed by atoms with van der Waals surface area (Å²) in [6, 6.07) is 49.7. The maximum atomic E-state index is 3.76. The van der Waals surface area contributed by atoms with Crippen molar-refractivity contribution in [2.75, 3.05) is 4.90 Å². The molecule has 0 aliphatic heterocycles. The highest BCUT2D eigenvalue weighted by molar-refractivity contribution is 9.10. The summed E-state index contributed by atoms with van der Waals surface area (Å²) in [5.41, 5.74) is 6.94. The van der Waals surface area contributed by atoms with Gasteiger partial charge in [-0.1, -0.05) is 101 Å². The number of benzene rings is 6. The Morgan fingerprint density at radius 1 is 0.459 bits per heavy atom. The van der Waals surface area contributed by atoms with E-state index in [4.69, 9.17) is 0 Å². The molecule has 0 radical (unpaired) electrons. The normalized spacial score (nSPS) is 11.4. The lowest BCUT2D eigenvalue weighted by Crippen LogP contribution is -2.10. The second kappa shape index (κ2) is 8.95. The fourth-order valence-electron chi connectivity index (χ4n) is 5.40. The minimum absolute atomic E-state index is 1.10. The van der Waals surface area contributed by atoms with E-state index in [0.29, 0.717) is 0 Å². The van der Waals surface area contributed by atoms with Crippen molar-refractivity contribution in [2.45, 2.75) is 0 Å². The number of rotatable bonds is 4. The number of hydrogen-bond donors (Lipinski definition) is 0. The molecule has 0 aliphatic rings. The van der Waals surface area contributed by atoms with Crippen molar-refractivity contribution in [1.82, 2.24) is 4.57 Å². The molecule has 0 amide bonds. The van der Waals surface area contributed by atoms with Gasteiger partial charge < -0.3 is 9.47 Å². The third kappa shape index (κ3) is 3.62. The molecule has 1 aromatic heterocycles. The zero-order valence-corrected chi connectivity index (χ0v) is 21.6. The monoisotopic (exact) mass is 538 g/mol. The van der Waals surface area contributed by atoms with Gasteiger partial charge in [0.15, 0.2) is 0 Å². The molecule has 1 heterocycles. The Balaban J connectivity index is 1.54. The van der Waals surface area contributed by atoms with Gasteiger partial charge in [0.05, 0.1) is 16.7 Å². The predicted octanol–water partition coefficient (Wildman–Crippen LogP) is 10.2. The van der Waals surface area contributed by atoms with Crippen LogP contribution < -0.4 is 4.90 Å². The first-order chi connectivity index (χ1) is 18.3. The number of anilines is 3. The lowest BCUT2D eigenvalue weighted by Gasteiger charge is -2.27. The van der Waals surface area contributed by atoms with Crippen LogP contribution in [0.25, 0.3) is 38.3 Å².